The summed E-state index contributed by atoms with van der Waals surface area (Å²) in [6.45, 7) is 4.92. The molecule has 1 atom stereocenters. The third-order valence-corrected chi connectivity index (χ3v) is 4.30. The van der Waals surface area contributed by atoms with Crippen molar-refractivity contribution in [3.8, 4) is 11.5 Å². The number of benzene rings is 2. The van der Waals surface area contributed by atoms with Gasteiger partial charge in [-0.15, -0.1) is 0 Å². The molecule has 2 N–H and O–H groups in total. The van der Waals surface area contributed by atoms with Crippen LogP contribution in [0.3, 0.4) is 0 Å². The first-order chi connectivity index (χ1) is 14.2. The number of nitrogens with zero attached hydrogens (tertiary/aromatic N) is 1. The summed E-state index contributed by atoms with van der Waals surface area (Å²) in [5, 5.41) is 6.62. The molecule has 0 spiro atoms. The van der Waals surface area contributed by atoms with Crippen LogP contribution in [0, 0.1) is 0 Å². The summed E-state index contributed by atoms with van der Waals surface area (Å²) in [7, 11) is 3.41. The van der Waals surface area contributed by atoms with Gasteiger partial charge in [-0.05, 0) is 37.5 Å². The van der Waals surface area contributed by atoms with E-state index in [1.807, 2.05) is 49.4 Å². The number of nitrogens with one attached hydrogen (secondary N) is 2. The molecule has 0 aliphatic carbocycles. The summed E-state index contributed by atoms with van der Waals surface area (Å²) in [5.74, 6) is 2.24. The molecule has 0 radical (unpaired) electrons. The number of para-hydroxylation sites is 2. The van der Waals surface area contributed by atoms with Gasteiger partial charge in [0.05, 0.1) is 20.3 Å². The summed E-state index contributed by atoms with van der Waals surface area (Å²) in [5.41, 5.74) is 1.21. The van der Waals surface area contributed by atoms with Gasteiger partial charge in [-0.3, -0.25) is 4.99 Å². The molecule has 2 aromatic carbocycles. The van der Waals surface area contributed by atoms with Crippen LogP contribution in [0.4, 0.5) is 0 Å². The summed E-state index contributed by atoms with van der Waals surface area (Å²) >= 11 is 0. The zero-order chi connectivity index (χ0) is 20.7. The highest BCUT2D eigenvalue weighted by Crippen LogP contribution is 2.26. The molecule has 2 rings (SSSR count). The van der Waals surface area contributed by atoms with Crippen molar-refractivity contribution in [3.05, 3.63) is 60.2 Å². The maximum Gasteiger partial charge on any atom is 0.191 e. The van der Waals surface area contributed by atoms with Crippen molar-refractivity contribution in [1.82, 2.24) is 10.6 Å². The zero-order valence-electron chi connectivity index (χ0n) is 17.7. The standard InChI is InChI=1S/C23H33N3O3/c1-19(29-22-14-8-7-13-21(22)27-3)17-26-23(24-2)25-15-9-10-16-28-18-20-11-5-4-6-12-20/h4-8,11-14,19H,9-10,15-18H2,1-3H3,(H2,24,25,26). The van der Waals surface area contributed by atoms with Crippen molar-refractivity contribution in [2.24, 2.45) is 4.99 Å². The molecular formula is C23H33N3O3. The molecule has 0 fully saturated rings. The molecule has 6 nitrogen and oxygen atoms in total. The number of ether oxygens (including phenoxy) is 3. The van der Waals surface area contributed by atoms with Crippen LogP contribution in [0.25, 0.3) is 0 Å². The van der Waals surface area contributed by atoms with Gasteiger partial charge in [-0.25, -0.2) is 0 Å². The lowest BCUT2D eigenvalue weighted by Gasteiger charge is -2.19. The minimum absolute atomic E-state index is 0.0313. The average Bonchev–Trinajstić information content (AvgIpc) is 2.76. The molecule has 0 heterocycles. The number of hydrogen-bond donors (Lipinski definition) is 2. The van der Waals surface area contributed by atoms with E-state index in [4.69, 9.17) is 14.2 Å². The third-order valence-electron chi connectivity index (χ3n) is 4.30. The maximum absolute atomic E-state index is 5.95. The van der Waals surface area contributed by atoms with Crippen LogP contribution >= 0.6 is 0 Å². The van der Waals surface area contributed by atoms with E-state index in [1.54, 1.807) is 14.2 Å². The first-order valence-electron chi connectivity index (χ1n) is 10.1. The molecule has 29 heavy (non-hydrogen) atoms. The second-order valence-electron chi connectivity index (χ2n) is 6.70. The van der Waals surface area contributed by atoms with Gasteiger partial charge < -0.3 is 24.8 Å². The zero-order valence-corrected chi connectivity index (χ0v) is 17.7. The van der Waals surface area contributed by atoms with Crippen molar-refractivity contribution in [2.45, 2.75) is 32.5 Å². The Labute approximate surface area is 174 Å². The highest BCUT2D eigenvalue weighted by Gasteiger charge is 2.09. The van der Waals surface area contributed by atoms with Crippen LogP contribution in [-0.4, -0.2) is 45.9 Å². The Morgan fingerprint density at radius 2 is 1.69 bits per heavy atom. The Balaban J connectivity index is 1.56. The predicted octanol–water partition coefficient (Wildman–Crippen LogP) is 3.62. The summed E-state index contributed by atoms with van der Waals surface area (Å²) in [6, 6.07) is 17.9. The van der Waals surface area contributed by atoms with Crippen LogP contribution in [0.15, 0.2) is 59.6 Å². The van der Waals surface area contributed by atoms with Crippen molar-refractivity contribution < 1.29 is 14.2 Å². The van der Waals surface area contributed by atoms with E-state index in [0.717, 1.165) is 43.5 Å². The smallest absolute Gasteiger partial charge is 0.191 e. The van der Waals surface area contributed by atoms with E-state index in [1.165, 1.54) is 5.56 Å². The first-order valence-corrected chi connectivity index (χ1v) is 10.1. The third kappa shape index (κ3) is 8.87. The van der Waals surface area contributed by atoms with Gasteiger partial charge in [0, 0.05) is 20.2 Å². The lowest BCUT2D eigenvalue weighted by molar-refractivity contribution is 0.117. The SMILES string of the molecule is CN=C(NCCCCOCc1ccccc1)NCC(C)Oc1ccccc1OC. The van der Waals surface area contributed by atoms with E-state index in [9.17, 15) is 0 Å². The van der Waals surface area contributed by atoms with Gasteiger partial charge in [0.25, 0.3) is 0 Å². The molecule has 0 bridgehead atoms. The number of unbranched alkanes of at least 4 members (excludes halogenated alkanes) is 1. The van der Waals surface area contributed by atoms with Gasteiger partial charge >= 0.3 is 0 Å². The number of hydrogen-bond acceptors (Lipinski definition) is 4. The number of rotatable bonds is 12. The van der Waals surface area contributed by atoms with Crippen LogP contribution in [0.5, 0.6) is 11.5 Å². The van der Waals surface area contributed by atoms with Gasteiger partial charge in [0.15, 0.2) is 17.5 Å². The van der Waals surface area contributed by atoms with Gasteiger partial charge in [0.2, 0.25) is 0 Å². The molecule has 0 saturated carbocycles. The molecule has 0 aromatic heterocycles. The van der Waals surface area contributed by atoms with E-state index in [2.05, 4.69) is 27.8 Å². The Bertz CT molecular complexity index is 722. The fourth-order valence-electron chi connectivity index (χ4n) is 2.74. The maximum atomic E-state index is 5.95. The van der Waals surface area contributed by atoms with E-state index in [-0.39, 0.29) is 6.10 Å². The quantitative estimate of drug-likeness (QED) is 0.324. The molecule has 6 heteroatoms. The number of guanidine groups is 1. The van der Waals surface area contributed by atoms with E-state index in [0.29, 0.717) is 13.2 Å². The molecule has 0 amide bonds. The van der Waals surface area contributed by atoms with E-state index >= 15 is 0 Å². The minimum Gasteiger partial charge on any atom is -0.493 e. The Hall–Kier alpha value is -2.73. The first kappa shape index (κ1) is 22.6. The lowest BCUT2D eigenvalue weighted by Crippen LogP contribution is -2.42. The minimum atomic E-state index is -0.0313. The largest absolute Gasteiger partial charge is 0.493 e. The Kier molecular flexibility index (Phi) is 10.5. The topological polar surface area (TPSA) is 64.1 Å². The molecule has 1 unspecified atom stereocenters. The van der Waals surface area contributed by atoms with Crippen LogP contribution in [0.1, 0.15) is 25.3 Å². The van der Waals surface area contributed by atoms with Crippen LogP contribution < -0.4 is 20.1 Å². The van der Waals surface area contributed by atoms with Gasteiger partial charge in [-0.2, -0.15) is 0 Å². The second-order valence-corrected chi connectivity index (χ2v) is 6.70. The molecule has 0 aliphatic rings. The number of aliphatic imine (C=N–C) groups is 1. The number of methoxy groups -OCH3 is 1. The van der Waals surface area contributed by atoms with Gasteiger partial charge in [-0.1, -0.05) is 42.5 Å². The van der Waals surface area contributed by atoms with Crippen LogP contribution in [0.2, 0.25) is 0 Å². The molecule has 158 valence electrons. The predicted molar refractivity (Wildman–Crippen MR) is 118 cm³/mol. The van der Waals surface area contributed by atoms with Crippen molar-refractivity contribution in [3.63, 3.8) is 0 Å². The Morgan fingerprint density at radius 3 is 2.41 bits per heavy atom. The lowest BCUT2D eigenvalue weighted by atomic mass is 10.2. The van der Waals surface area contributed by atoms with Crippen molar-refractivity contribution >= 4 is 5.96 Å². The van der Waals surface area contributed by atoms with Crippen LogP contribution in [-0.2, 0) is 11.3 Å². The van der Waals surface area contributed by atoms with Crippen molar-refractivity contribution in [1.29, 1.82) is 0 Å². The molecule has 0 saturated heterocycles. The summed E-state index contributed by atoms with van der Waals surface area (Å²) < 4.78 is 17.0. The molecular weight excluding hydrogens is 366 g/mol. The molecule has 2 aromatic rings. The molecule has 0 aliphatic heterocycles. The fourth-order valence-corrected chi connectivity index (χ4v) is 2.74. The summed E-state index contributed by atoms with van der Waals surface area (Å²) in [4.78, 5) is 4.26. The normalized spacial score (nSPS) is 12.3. The fraction of sp³-hybridized carbons (Fsp3) is 0.435. The monoisotopic (exact) mass is 399 g/mol. The van der Waals surface area contributed by atoms with E-state index < -0.39 is 0 Å². The highest BCUT2D eigenvalue weighted by molar-refractivity contribution is 5.79. The Morgan fingerprint density at radius 1 is 0.966 bits per heavy atom. The van der Waals surface area contributed by atoms with Crippen molar-refractivity contribution in [2.75, 3.05) is 33.9 Å². The van der Waals surface area contributed by atoms with Gasteiger partial charge in [0.1, 0.15) is 6.10 Å². The highest BCUT2D eigenvalue weighted by atomic mass is 16.5. The second kappa shape index (κ2) is 13.4. The average molecular weight is 400 g/mol. The summed E-state index contributed by atoms with van der Waals surface area (Å²) in [6.07, 6.45) is 1.99.